The maximum Gasteiger partial charge on any atom is 0.408 e. The van der Waals surface area contributed by atoms with Gasteiger partial charge in [-0.25, -0.2) is 9.59 Å². The van der Waals surface area contributed by atoms with Gasteiger partial charge in [-0.3, -0.25) is 9.59 Å². The molecule has 2 fully saturated rings. The van der Waals surface area contributed by atoms with Crippen LogP contribution in [0.5, 0.6) is 11.5 Å². The van der Waals surface area contributed by atoms with Crippen molar-refractivity contribution in [3.8, 4) is 34.0 Å². The molecule has 1 saturated carbocycles. The Labute approximate surface area is 308 Å². The van der Waals surface area contributed by atoms with Crippen molar-refractivity contribution in [2.75, 3.05) is 20.8 Å². The molecule has 14 heteroatoms. The number of methoxy groups -OCH3 is 2. The highest BCUT2D eigenvalue weighted by molar-refractivity contribution is 5.96. The summed E-state index contributed by atoms with van der Waals surface area (Å²) < 4.78 is 16.4. The molecule has 1 saturated heterocycles. The Morgan fingerprint density at radius 1 is 0.962 bits per heavy atom. The number of rotatable bonds is 7. The minimum atomic E-state index is -1.46. The number of carboxylic acid groups (broad SMARTS) is 1. The average molecular weight is 729 g/mol. The van der Waals surface area contributed by atoms with E-state index < -0.39 is 53.1 Å². The van der Waals surface area contributed by atoms with Gasteiger partial charge in [0.15, 0.2) is 0 Å². The number of carboxylic acids is 1. The minimum Gasteiger partial charge on any atom is -0.497 e. The number of alkyl carbamates (subject to hydrolysis) is 1. The SMILES string of the molecule is COc1ccc(-c2nn([C@H]3C[C@H]4C(=O)N[C@]5(C(=O)O)C[C@@H]5/C=C\CCCCC[C@H](NC(=O)OC(C)(C)C)C(=O)N4C3)nc2-c2cccc(OC)c2)cc1. The van der Waals surface area contributed by atoms with Crippen molar-refractivity contribution in [2.45, 2.75) is 95.0 Å². The largest absolute Gasteiger partial charge is 0.497 e. The molecule has 53 heavy (non-hydrogen) atoms. The molecular formula is C39H48N6O8. The second kappa shape index (κ2) is 15.3. The van der Waals surface area contributed by atoms with Gasteiger partial charge in [-0.1, -0.05) is 37.1 Å². The lowest BCUT2D eigenvalue weighted by Gasteiger charge is -2.30. The van der Waals surface area contributed by atoms with Crippen molar-refractivity contribution >= 4 is 23.9 Å². The molecule has 0 radical (unpaired) electrons. The van der Waals surface area contributed by atoms with Gasteiger partial charge in [-0.2, -0.15) is 15.0 Å². The molecular weight excluding hydrogens is 680 g/mol. The summed E-state index contributed by atoms with van der Waals surface area (Å²) in [5.41, 5.74) is 0.412. The van der Waals surface area contributed by atoms with Crippen LogP contribution in [0.25, 0.3) is 22.5 Å². The summed E-state index contributed by atoms with van der Waals surface area (Å²) in [5.74, 6) is -1.21. The predicted octanol–water partition coefficient (Wildman–Crippen LogP) is 5.14. The standard InChI is InChI=1S/C39H48N6O8/c1-38(2,3)53-37(50)40-30-15-10-8-6-7-9-13-26-22-39(26,36(48)49)41-34(46)31-21-27(23-44(31)35(30)47)45-42-32(24-16-18-28(51-4)19-17-24)33(43-45)25-12-11-14-29(20-25)52-5/h9,11-14,16-20,26-27,30-31H,6-8,10,15,21-23H2,1-5H3,(H,40,50)(H,41,46)(H,48,49)/b13-9-/t26-,27-,30-,31-,39+/m0/s1. The van der Waals surface area contributed by atoms with Crippen LogP contribution in [-0.4, -0.2) is 92.9 Å². The van der Waals surface area contributed by atoms with Crippen LogP contribution in [-0.2, 0) is 19.1 Å². The van der Waals surface area contributed by atoms with Crippen LogP contribution in [0.4, 0.5) is 4.79 Å². The third kappa shape index (κ3) is 8.31. The van der Waals surface area contributed by atoms with Crippen molar-refractivity contribution in [2.24, 2.45) is 5.92 Å². The van der Waals surface area contributed by atoms with Gasteiger partial charge in [-0.15, -0.1) is 0 Å². The first-order valence-electron chi connectivity index (χ1n) is 18.1. The van der Waals surface area contributed by atoms with Gasteiger partial charge in [0.05, 0.1) is 20.3 Å². The first-order valence-corrected chi connectivity index (χ1v) is 18.1. The minimum absolute atomic E-state index is 0.0428. The molecule has 1 aromatic heterocycles. The van der Waals surface area contributed by atoms with E-state index in [1.54, 1.807) is 35.0 Å². The topological polar surface area (TPSA) is 174 Å². The molecule has 5 atom stereocenters. The van der Waals surface area contributed by atoms with Crippen LogP contribution >= 0.6 is 0 Å². The Bertz CT molecular complexity index is 1870. The van der Waals surface area contributed by atoms with Crippen molar-refractivity contribution < 1.29 is 38.5 Å². The summed E-state index contributed by atoms with van der Waals surface area (Å²) in [4.78, 5) is 57.2. The highest BCUT2D eigenvalue weighted by Gasteiger charge is 2.61. The second-order valence-corrected chi connectivity index (χ2v) is 14.9. The highest BCUT2D eigenvalue weighted by atomic mass is 16.6. The van der Waals surface area contributed by atoms with E-state index in [1.165, 1.54) is 9.70 Å². The summed E-state index contributed by atoms with van der Waals surface area (Å²) in [5, 5.41) is 25.7. The summed E-state index contributed by atoms with van der Waals surface area (Å²) in [6.07, 6.45) is 6.80. The summed E-state index contributed by atoms with van der Waals surface area (Å²) >= 11 is 0. The van der Waals surface area contributed by atoms with E-state index in [9.17, 15) is 24.3 Å². The van der Waals surface area contributed by atoms with Crippen LogP contribution in [0.3, 0.4) is 0 Å². The van der Waals surface area contributed by atoms with E-state index in [4.69, 9.17) is 24.4 Å². The van der Waals surface area contributed by atoms with Gasteiger partial charge >= 0.3 is 12.1 Å². The molecule has 3 aromatic rings. The summed E-state index contributed by atoms with van der Waals surface area (Å²) in [6, 6.07) is 12.3. The number of amides is 3. The number of fused-ring (bicyclic) bond motifs is 2. The van der Waals surface area contributed by atoms with Gasteiger partial charge in [0.1, 0.15) is 46.1 Å². The van der Waals surface area contributed by atoms with Crippen LogP contribution < -0.4 is 20.1 Å². The van der Waals surface area contributed by atoms with E-state index in [0.29, 0.717) is 35.7 Å². The number of nitrogens with zero attached hydrogens (tertiary/aromatic N) is 4. The number of allylic oxidation sites excluding steroid dienone is 1. The Kier molecular flexibility index (Phi) is 10.8. The van der Waals surface area contributed by atoms with E-state index in [0.717, 1.165) is 30.4 Å². The van der Waals surface area contributed by atoms with Gasteiger partial charge < -0.3 is 34.9 Å². The first kappa shape index (κ1) is 37.4. The van der Waals surface area contributed by atoms with Gasteiger partial charge in [-0.05, 0) is 82.9 Å². The number of carbonyl (C=O) groups is 4. The lowest BCUT2D eigenvalue weighted by molar-refractivity contribution is -0.145. The third-order valence-corrected chi connectivity index (χ3v) is 9.99. The molecule has 1 aliphatic carbocycles. The van der Waals surface area contributed by atoms with Gasteiger partial charge in [0.2, 0.25) is 11.8 Å². The van der Waals surface area contributed by atoms with E-state index in [1.807, 2.05) is 60.7 Å². The van der Waals surface area contributed by atoms with Gasteiger partial charge in [0, 0.05) is 30.0 Å². The van der Waals surface area contributed by atoms with E-state index in [-0.39, 0.29) is 25.3 Å². The number of aliphatic carboxylic acids is 1. The lowest BCUT2D eigenvalue weighted by atomic mass is 10.0. The number of carbonyl (C=O) groups excluding carboxylic acids is 3. The molecule has 282 valence electrons. The number of ether oxygens (including phenoxy) is 3. The highest BCUT2D eigenvalue weighted by Crippen LogP contribution is 2.46. The zero-order chi connectivity index (χ0) is 37.9. The predicted molar refractivity (Wildman–Crippen MR) is 195 cm³/mol. The number of hydrogen-bond donors (Lipinski definition) is 3. The molecule has 2 aliphatic heterocycles. The molecule has 3 aliphatic rings. The van der Waals surface area contributed by atoms with Crippen LogP contribution in [0.1, 0.15) is 71.8 Å². The second-order valence-electron chi connectivity index (χ2n) is 14.9. The first-order chi connectivity index (χ1) is 25.3. The molecule has 2 aromatic carbocycles. The summed E-state index contributed by atoms with van der Waals surface area (Å²) in [7, 11) is 3.18. The molecule has 3 amide bonds. The Morgan fingerprint density at radius 3 is 2.36 bits per heavy atom. The number of aromatic nitrogens is 3. The zero-order valence-electron chi connectivity index (χ0n) is 30.8. The van der Waals surface area contributed by atoms with Crippen molar-refractivity contribution in [3.63, 3.8) is 0 Å². The normalized spacial score (nSPS) is 25.5. The van der Waals surface area contributed by atoms with Crippen molar-refractivity contribution in [1.82, 2.24) is 30.5 Å². The Balaban J connectivity index is 1.38. The zero-order valence-corrected chi connectivity index (χ0v) is 30.8. The van der Waals surface area contributed by atoms with Gasteiger partial charge in [0.25, 0.3) is 0 Å². The summed E-state index contributed by atoms with van der Waals surface area (Å²) in [6.45, 7) is 5.26. The molecule has 3 heterocycles. The third-order valence-electron chi connectivity index (χ3n) is 9.99. The maximum atomic E-state index is 14.5. The molecule has 0 unspecified atom stereocenters. The number of hydrogen-bond acceptors (Lipinski definition) is 9. The molecule has 0 bridgehead atoms. The van der Waals surface area contributed by atoms with Crippen LogP contribution in [0.2, 0.25) is 0 Å². The van der Waals surface area contributed by atoms with E-state index in [2.05, 4.69) is 10.6 Å². The fraction of sp³-hybridized carbons (Fsp3) is 0.487. The molecule has 0 spiro atoms. The Morgan fingerprint density at radius 2 is 1.68 bits per heavy atom. The lowest BCUT2D eigenvalue weighted by Crippen LogP contribution is -2.56. The molecule has 3 N–H and O–H groups in total. The van der Waals surface area contributed by atoms with Crippen molar-refractivity contribution in [3.05, 3.63) is 60.7 Å². The quantitative estimate of drug-likeness (QED) is 0.276. The fourth-order valence-corrected chi connectivity index (χ4v) is 7.09. The van der Waals surface area contributed by atoms with Crippen LogP contribution in [0.15, 0.2) is 60.7 Å². The smallest absolute Gasteiger partial charge is 0.408 e. The number of benzene rings is 2. The van der Waals surface area contributed by atoms with Crippen molar-refractivity contribution in [1.29, 1.82) is 0 Å². The number of nitrogens with one attached hydrogen (secondary N) is 2. The average Bonchev–Trinajstić information content (AvgIpc) is 3.43. The Hall–Kier alpha value is -5.40. The fourth-order valence-electron chi connectivity index (χ4n) is 7.09. The monoisotopic (exact) mass is 728 g/mol. The van der Waals surface area contributed by atoms with E-state index >= 15 is 0 Å². The van der Waals surface area contributed by atoms with Crippen LogP contribution in [0, 0.1) is 5.92 Å². The maximum absolute atomic E-state index is 14.5. The molecule has 6 rings (SSSR count). The molecule has 14 nitrogen and oxygen atoms in total.